The lowest BCUT2D eigenvalue weighted by Crippen LogP contribution is -2.14. The molecule has 0 aliphatic rings. The van der Waals surface area contributed by atoms with Gasteiger partial charge in [0, 0.05) is 29.0 Å². The van der Waals surface area contributed by atoms with Crippen molar-refractivity contribution in [2.45, 2.75) is 13.5 Å². The minimum atomic E-state index is -0.206. The number of carbonyl (C=O) groups excluding carboxylic acids is 1. The van der Waals surface area contributed by atoms with Crippen molar-refractivity contribution in [3.63, 3.8) is 0 Å². The van der Waals surface area contributed by atoms with Crippen LogP contribution in [0.25, 0.3) is 10.6 Å². The largest absolute Gasteiger partial charge is 0.333 e. The van der Waals surface area contributed by atoms with Gasteiger partial charge in [0.25, 0.3) is 5.91 Å². The van der Waals surface area contributed by atoms with Crippen LogP contribution in [0.15, 0.2) is 72.6 Å². The van der Waals surface area contributed by atoms with E-state index in [9.17, 15) is 4.79 Å². The Labute approximate surface area is 161 Å². The van der Waals surface area contributed by atoms with Crippen LogP contribution in [0.5, 0.6) is 0 Å². The lowest BCUT2D eigenvalue weighted by molar-refractivity contribution is 0.102. The molecular formula is C21H18N4OS. The minimum absolute atomic E-state index is 0.206. The van der Waals surface area contributed by atoms with Gasteiger partial charge in [-0.15, -0.1) is 11.3 Å². The number of aryl methyl sites for hydroxylation is 1. The molecule has 0 fully saturated rings. The van der Waals surface area contributed by atoms with Gasteiger partial charge in [-0.05, 0) is 18.6 Å². The summed E-state index contributed by atoms with van der Waals surface area (Å²) >= 11 is 1.47. The van der Waals surface area contributed by atoms with Gasteiger partial charge < -0.3 is 9.88 Å². The molecule has 2 aromatic carbocycles. The predicted molar refractivity (Wildman–Crippen MR) is 108 cm³/mol. The molecule has 2 aromatic heterocycles. The van der Waals surface area contributed by atoms with E-state index in [2.05, 4.69) is 15.3 Å². The second-order valence-electron chi connectivity index (χ2n) is 6.25. The van der Waals surface area contributed by atoms with Gasteiger partial charge >= 0.3 is 0 Å². The van der Waals surface area contributed by atoms with Gasteiger partial charge in [0.15, 0.2) is 0 Å². The Balaban J connectivity index is 1.52. The van der Waals surface area contributed by atoms with E-state index in [1.54, 1.807) is 17.9 Å². The first-order valence-electron chi connectivity index (χ1n) is 8.56. The average molecular weight is 374 g/mol. The van der Waals surface area contributed by atoms with Crippen LogP contribution in [0.2, 0.25) is 0 Å². The number of anilines is 1. The average Bonchev–Trinajstić information content (AvgIpc) is 3.36. The summed E-state index contributed by atoms with van der Waals surface area (Å²) in [5.41, 5.74) is 4.43. The fraction of sp³-hybridized carbons (Fsp3) is 0.0952. The van der Waals surface area contributed by atoms with Crippen LogP contribution in [-0.4, -0.2) is 20.4 Å². The molecule has 0 unspecified atom stereocenters. The van der Waals surface area contributed by atoms with Crippen LogP contribution in [0.4, 0.5) is 5.69 Å². The molecule has 5 nitrogen and oxygen atoms in total. The van der Waals surface area contributed by atoms with E-state index in [-0.39, 0.29) is 5.91 Å². The number of hydrogen-bond acceptors (Lipinski definition) is 4. The molecule has 1 N–H and O–H groups in total. The van der Waals surface area contributed by atoms with E-state index < -0.39 is 0 Å². The topological polar surface area (TPSA) is 59.8 Å². The molecule has 0 spiro atoms. The van der Waals surface area contributed by atoms with Gasteiger partial charge in [0.1, 0.15) is 10.7 Å². The molecule has 0 saturated carbocycles. The maximum absolute atomic E-state index is 12.7. The number of benzene rings is 2. The molecule has 4 rings (SSSR count). The number of para-hydroxylation sites is 1. The molecule has 0 atom stereocenters. The van der Waals surface area contributed by atoms with Gasteiger partial charge in [-0.2, -0.15) is 0 Å². The number of imidazole rings is 1. The molecule has 0 aliphatic carbocycles. The third-order valence-corrected chi connectivity index (χ3v) is 5.10. The molecule has 4 aromatic rings. The molecule has 0 aliphatic heterocycles. The number of thiazole rings is 1. The summed E-state index contributed by atoms with van der Waals surface area (Å²) in [6, 6.07) is 15.9. The standard InChI is InChI=1S/C21H18N4OS/c1-15-6-8-16(9-7-15)21-24-19(13-27-21)20(26)23-18-5-3-2-4-17(18)12-25-11-10-22-14-25/h2-11,13-14H,12H2,1H3,(H,23,26). The number of hydrogen-bond donors (Lipinski definition) is 1. The van der Waals surface area contributed by atoms with Crippen molar-refractivity contribution in [2.75, 3.05) is 5.32 Å². The summed E-state index contributed by atoms with van der Waals surface area (Å²) in [6.07, 6.45) is 5.39. The number of amides is 1. The van der Waals surface area contributed by atoms with Crippen molar-refractivity contribution >= 4 is 22.9 Å². The summed E-state index contributed by atoms with van der Waals surface area (Å²) in [4.78, 5) is 21.2. The smallest absolute Gasteiger partial charge is 0.275 e. The Bertz CT molecular complexity index is 1050. The Morgan fingerprint density at radius 1 is 1.15 bits per heavy atom. The van der Waals surface area contributed by atoms with Gasteiger partial charge in [-0.1, -0.05) is 48.0 Å². The van der Waals surface area contributed by atoms with Gasteiger partial charge in [-0.25, -0.2) is 9.97 Å². The molecule has 0 radical (unpaired) electrons. The Hall–Kier alpha value is -3.25. The van der Waals surface area contributed by atoms with Crippen molar-refractivity contribution < 1.29 is 4.79 Å². The lowest BCUT2D eigenvalue weighted by Gasteiger charge is -2.10. The van der Waals surface area contributed by atoms with Crippen LogP contribution >= 0.6 is 11.3 Å². The number of carbonyl (C=O) groups is 1. The minimum Gasteiger partial charge on any atom is -0.333 e. The van der Waals surface area contributed by atoms with Gasteiger partial charge in [0.05, 0.1) is 12.9 Å². The molecule has 134 valence electrons. The molecule has 0 saturated heterocycles. The molecule has 1 amide bonds. The Morgan fingerprint density at radius 3 is 2.74 bits per heavy atom. The highest BCUT2D eigenvalue weighted by molar-refractivity contribution is 7.13. The molecular weight excluding hydrogens is 356 g/mol. The fourth-order valence-electron chi connectivity index (χ4n) is 2.75. The molecule has 2 heterocycles. The van der Waals surface area contributed by atoms with Gasteiger partial charge in [-0.3, -0.25) is 4.79 Å². The van der Waals surface area contributed by atoms with Crippen molar-refractivity contribution in [2.24, 2.45) is 0 Å². The van der Waals surface area contributed by atoms with E-state index in [1.807, 2.05) is 66.2 Å². The Kier molecular flexibility index (Phi) is 4.80. The van der Waals surface area contributed by atoms with Crippen molar-refractivity contribution in [3.8, 4) is 10.6 Å². The highest BCUT2D eigenvalue weighted by Gasteiger charge is 2.14. The number of nitrogens with zero attached hydrogens (tertiary/aromatic N) is 3. The van der Waals surface area contributed by atoms with Crippen molar-refractivity contribution in [1.82, 2.24) is 14.5 Å². The van der Waals surface area contributed by atoms with E-state index in [1.165, 1.54) is 16.9 Å². The van der Waals surface area contributed by atoms with E-state index in [0.717, 1.165) is 21.8 Å². The molecule has 0 bridgehead atoms. The second kappa shape index (κ2) is 7.55. The predicted octanol–water partition coefficient (Wildman–Crippen LogP) is 4.62. The highest BCUT2D eigenvalue weighted by atomic mass is 32.1. The van der Waals surface area contributed by atoms with Crippen LogP contribution in [0.1, 0.15) is 21.6 Å². The van der Waals surface area contributed by atoms with Crippen molar-refractivity contribution in [3.05, 3.63) is 89.5 Å². The summed E-state index contributed by atoms with van der Waals surface area (Å²) < 4.78 is 1.96. The van der Waals surface area contributed by atoms with Crippen LogP contribution in [-0.2, 0) is 6.54 Å². The van der Waals surface area contributed by atoms with E-state index >= 15 is 0 Å². The van der Waals surface area contributed by atoms with Crippen LogP contribution < -0.4 is 5.32 Å². The first-order chi connectivity index (χ1) is 13.2. The summed E-state index contributed by atoms with van der Waals surface area (Å²) in [5.74, 6) is -0.206. The SMILES string of the molecule is Cc1ccc(-c2nc(C(=O)Nc3ccccc3Cn3ccnc3)cs2)cc1. The third kappa shape index (κ3) is 3.96. The van der Waals surface area contributed by atoms with E-state index in [0.29, 0.717) is 12.2 Å². The lowest BCUT2D eigenvalue weighted by atomic mass is 10.1. The second-order valence-corrected chi connectivity index (χ2v) is 7.11. The summed E-state index contributed by atoms with van der Waals surface area (Å²) in [7, 11) is 0. The normalized spacial score (nSPS) is 10.7. The van der Waals surface area contributed by atoms with E-state index in [4.69, 9.17) is 0 Å². The monoisotopic (exact) mass is 374 g/mol. The zero-order valence-electron chi connectivity index (χ0n) is 14.8. The van der Waals surface area contributed by atoms with Crippen LogP contribution in [0.3, 0.4) is 0 Å². The fourth-order valence-corrected chi connectivity index (χ4v) is 3.56. The summed E-state index contributed by atoms with van der Waals surface area (Å²) in [6.45, 7) is 2.69. The van der Waals surface area contributed by atoms with Gasteiger partial charge in [0.2, 0.25) is 0 Å². The van der Waals surface area contributed by atoms with Crippen LogP contribution in [0, 0.1) is 6.92 Å². The summed E-state index contributed by atoms with van der Waals surface area (Å²) in [5, 5.41) is 5.62. The number of nitrogens with one attached hydrogen (secondary N) is 1. The number of aromatic nitrogens is 3. The number of rotatable bonds is 5. The first kappa shape index (κ1) is 17.2. The highest BCUT2D eigenvalue weighted by Crippen LogP contribution is 2.25. The first-order valence-corrected chi connectivity index (χ1v) is 9.44. The maximum Gasteiger partial charge on any atom is 0.275 e. The quantitative estimate of drug-likeness (QED) is 0.555. The maximum atomic E-state index is 12.7. The third-order valence-electron chi connectivity index (χ3n) is 4.21. The molecule has 27 heavy (non-hydrogen) atoms. The zero-order chi connectivity index (χ0) is 18.6. The van der Waals surface area contributed by atoms with Crippen molar-refractivity contribution in [1.29, 1.82) is 0 Å². The Morgan fingerprint density at radius 2 is 1.96 bits per heavy atom. The zero-order valence-corrected chi connectivity index (χ0v) is 15.6. The molecule has 6 heteroatoms.